The summed E-state index contributed by atoms with van der Waals surface area (Å²) >= 11 is 9.09. The lowest BCUT2D eigenvalue weighted by Gasteiger charge is -2.25. The number of nitrogens with one attached hydrogen (secondary N) is 1. The maximum atomic E-state index is 12.1. The molecule has 130 valence electrons. The molecule has 4 nitrogen and oxygen atoms in total. The number of amides is 1. The number of carbonyl (C=O) groups is 1. The van der Waals surface area contributed by atoms with Gasteiger partial charge in [0.05, 0.1) is 22.4 Å². The minimum atomic E-state index is 0.0680. The molecule has 1 saturated heterocycles. The maximum absolute atomic E-state index is 12.1. The van der Waals surface area contributed by atoms with Crippen LogP contribution < -0.4 is 5.32 Å². The molecule has 1 fully saturated rings. The maximum Gasteiger partial charge on any atom is 0.230 e. The van der Waals surface area contributed by atoms with E-state index < -0.39 is 0 Å². The average Bonchev–Trinajstić information content (AvgIpc) is 3.30. The Balaban J connectivity index is 1.44. The zero-order valence-corrected chi connectivity index (χ0v) is 15.8. The molecule has 3 heterocycles. The zero-order valence-electron chi connectivity index (χ0n) is 13.4. The standard InChI is InChI=1S/C17H21ClN2O2S2/c18-16-6-5-13(24-16)11-23-12-17(21)19-10-14(15-4-3-9-22-15)20-7-1-2-8-20/h3-6,9,14H,1-2,7-8,10-12H2,(H,19,21)/t14-/m0/s1. The number of carbonyl (C=O) groups excluding carboxylic acids is 1. The van der Waals surface area contributed by atoms with Crippen molar-refractivity contribution in [1.29, 1.82) is 0 Å². The molecular weight excluding hydrogens is 364 g/mol. The predicted molar refractivity (Wildman–Crippen MR) is 101 cm³/mol. The van der Waals surface area contributed by atoms with Crippen LogP contribution in [0.5, 0.6) is 0 Å². The first-order valence-electron chi connectivity index (χ1n) is 8.08. The fourth-order valence-electron chi connectivity index (χ4n) is 2.88. The second kappa shape index (κ2) is 8.94. The molecule has 3 rings (SSSR count). The van der Waals surface area contributed by atoms with E-state index in [1.165, 1.54) is 17.7 Å². The Morgan fingerprint density at radius 3 is 2.88 bits per heavy atom. The molecular formula is C17H21ClN2O2S2. The van der Waals surface area contributed by atoms with Crippen molar-refractivity contribution in [2.45, 2.75) is 24.6 Å². The van der Waals surface area contributed by atoms with Crippen molar-refractivity contribution >= 4 is 40.6 Å². The summed E-state index contributed by atoms with van der Waals surface area (Å²) in [6.07, 6.45) is 4.12. The van der Waals surface area contributed by atoms with Crippen LogP contribution in [0.3, 0.4) is 0 Å². The SMILES string of the molecule is O=C(CSCc1ccc(Cl)s1)NC[C@@H](c1ccco1)N1CCCC1. The quantitative estimate of drug-likeness (QED) is 0.741. The van der Waals surface area contributed by atoms with Crippen LogP contribution in [0, 0.1) is 0 Å². The number of likely N-dealkylation sites (tertiary alicyclic amines) is 1. The lowest BCUT2D eigenvalue weighted by molar-refractivity contribution is -0.118. The molecule has 0 saturated carbocycles. The van der Waals surface area contributed by atoms with Gasteiger partial charge in [-0.05, 0) is 50.2 Å². The van der Waals surface area contributed by atoms with Crippen LogP contribution in [0.1, 0.15) is 29.5 Å². The van der Waals surface area contributed by atoms with Crippen LogP contribution >= 0.6 is 34.7 Å². The van der Waals surface area contributed by atoms with Gasteiger partial charge in [0.2, 0.25) is 5.91 Å². The summed E-state index contributed by atoms with van der Waals surface area (Å²) in [5.41, 5.74) is 0. The first kappa shape index (κ1) is 17.9. The number of thioether (sulfide) groups is 1. The fourth-order valence-corrected chi connectivity index (χ4v) is 4.93. The van der Waals surface area contributed by atoms with Crippen molar-refractivity contribution in [3.8, 4) is 0 Å². The van der Waals surface area contributed by atoms with E-state index in [9.17, 15) is 4.79 Å². The van der Waals surface area contributed by atoms with Crippen molar-refractivity contribution < 1.29 is 9.21 Å². The third kappa shape index (κ3) is 5.02. The summed E-state index contributed by atoms with van der Waals surface area (Å²) in [4.78, 5) is 15.7. The van der Waals surface area contributed by atoms with E-state index in [-0.39, 0.29) is 11.9 Å². The highest BCUT2D eigenvalue weighted by molar-refractivity contribution is 7.99. The van der Waals surface area contributed by atoms with Crippen molar-refractivity contribution in [2.24, 2.45) is 0 Å². The monoisotopic (exact) mass is 384 g/mol. The van der Waals surface area contributed by atoms with Crippen LogP contribution in [0.2, 0.25) is 4.34 Å². The molecule has 1 amide bonds. The second-order valence-corrected chi connectivity index (χ2v) is 8.56. The lowest BCUT2D eigenvalue weighted by Crippen LogP contribution is -2.37. The molecule has 7 heteroatoms. The van der Waals surface area contributed by atoms with E-state index in [0.29, 0.717) is 12.3 Å². The summed E-state index contributed by atoms with van der Waals surface area (Å²) < 4.78 is 6.37. The third-order valence-corrected chi connectivity index (χ3v) is 6.45. The normalized spacial score (nSPS) is 16.4. The zero-order chi connectivity index (χ0) is 16.8. The number of thiophene rings is 1. The third-order valence-electron chi connectivity index (χ3n) is 4.05. The number of hydrogen-bond donors (Lipinski definition) is 1. The van der Waals surface area contributed by atoms with E-state index in [2.05, 4.69) is 10.2 Å². The average molecular weight is 385 g/mol. The molecule has 1 aliphatic rings. The van der Waals surface area contributed by atoms with Crippen LogP contribution in [0.25, 0.3) is 0 Å². The van der Waals surface area contributed by atoms with Gasteiger partial charge in [-0.3, -0.25) is 9.69 Å². The second-order valence-electron chi connectivity index (χ2n) is 5.78. The molecule has 1 atom stereocenters. The summed E-state index contributed by atoms with van der Waals surface area (Å²) in [6.45, 7) is 2.72. The molecule has 0 bridgehead atoms. The van der Waals surface area contributed by atoms with Gasteiger partial charge in [0.15, 0.2) is 0 Å². The molecule has 1 N–H and O–H groups in total. The minimum absolute atomic E-state index is 0.0680. The molecule has 0 spiro atoms. The molecule has 0 aromatic carbocycles. The minimum Gasteiger partial charge on any atom is -0.468 e. The summed E-state index contributed by atoms with van der Waals surface area (Å²) in [6, 6.07) is 7.93. The Hall–Kier alpha value is -0.950. The van der Waals surface area contributed by atoms with Gasteiger partial charge in [0, 0.05) is 17.2 Å². The van der Waals surface area contributed by atoms with E-state index in [0.717, 1.165) is 28.9 Å². The first-order chi connectivity index (χ1) is 11.7. The molecule has 2 aromatic heterocycles. The van der Waals surface area contributed by atoms with E-state index in [1.54, 1.807) is 29.4 Å². The van der Waals surface area contributed by atoms with Gasteiger partial charge in [-0.25, -0.2) is 0 Å². The number of nitrogens with zero attached hydrogens (tertiary/aromatic N) is 1. The fraction of sp³-hybridized carbons (Fsp3) is 0.471. The van der Waals surface area contributed by atoms with E-state index in [1.807, 2.05) is 24.3 Å². The van der Waals surface area contributed by atoms with Gasteiger partial charge >= 0.3 is 0 Å². The van der Waals surface area contributed by atoms with Gasteiger partial charge in [0.25, 0.3) is 0 Å². The first-order valence-corrected chi connectivity index (χ1v) is 10.4. The lowest BCUT2D eigenvalue weighted by atomic mass is 10.2. The summed E-state index contributed by atoms with van der Waals surface area (Å²) in [5, 5.41) is 3.06. The molecule has 24 heavy (non-hydrogen) atoms. The Kier molecular flexibility index (Phi) is 6.66. The molecule has 0 aliphatic carbocycles. The number of hydrogen-bond acceptors (Lipinski definition) is 5. The van der Waals surface area contributed by atoms with Crippen molar-refractivity contribution in [2.75, 3.05) is 25.4 Å². The highest BCUT2D eigenvalue weighted by atomic mass is 35.5. The van der Waals surface area contributed by atoms with Crippen LogP contribution in [0.4, 0.5) is 0 Å². The van der Waals surface area contributed by atoms with E-state index >= 15 is 0 Å². The largest absolute Gasteiger partial charge is 0.468 e. The van der Waals surface area contributed by atoms with Crippen LogP contribution in [-0.4, -0.2) is 36.2 Å². The smallest absolute Gasteiger partial charge is 0.230 e. The van der Waals surface area contributed by atoms with Gasteiger partial charge in [0.1, 0.15) is 5.76 Å². The Bertz CT molecular complexity index is 639. The Labute approximate surface area is 155 Å². The predicted octanol–water partition coefficient (Wildman–Crippen LogP) is 4.18. The highest BCUT2D eigenvalue weighted by Crippen LogP contribution is 2.26. The molecule has 1 aliphatic heterocycles. The van der Waals surface area contributed by atoms with Crippen molar-refractivity contribution in [3.05, 3.63) is 45.5 Å². The van der Waals surface area contributed by atoms with Crippen molar-refractivity contribution in [3.63, 3.8) is 0 Å². The highest BCUT2D eigenvalue weighted by Gasteiger charge is 2.25. The van der Waals surface area contributed by atoms with Gasteiger partial charge in [-0.1, -0.05) is 11.6 Å². The summed E-state index contributed by atoms with van der Waals surface area (Å²) in [7, 11) is 0. The number of rotatable bonds is 8. The molecule has 0 unspecified atom stereocenters. The Morgan fingerprint density at radius 1 is 1.38 bits per heavy atom. The summed E-state index contributed by atoms with van der Waals surface area (Å²) in [5.74, 6) is 2.27. The van der Waals surface area contributed by atoms with Crippen LogP contribution in [-0.2, 0) is 10.5 Å². The number of furan rings is 1. The molecule has 0 radical (unpaired) electrons. The van der Waals surface area contributed by atoms with Crippen LogP contribution in [0.15, 0.2) is 34.9 Å². The van der Waals surface area contributed by atoms with Gasteiger partial charge < -0.3 is 9.73 Å². The number of halogens is 1. The van der Waals surface area contributed by atoms with Gasteiger partial charge in [-0.15, -0.1) is 23.1 Å². The van der Waals surface area contributed by atoms with Gasteiger partial charge in [-0.2, -0.15) is 0 Å². The molecule has 2 aromatic rings. The topological polar surface area (TPSA) is 45.5 Å². The van der Waals surface area contributed by atoms with Crippen molar-refractivity contribution in [1.82, 2.24) is 10.2 Å². The Morgan fingerprint density at radius 2 is 2.21 bits per heavy atom. The van der Waals surface area contributed by atoms with E-state index in [4.69, 9.17) is 16.0 Å².